The van der Waals surface area contributed by atoms with Crippen molar-refractivity contribution in [2.75, 3.05) is 6.61 Å². The Bertz CT molecular complexity index is 111. The predicted octanol–water partition coefficient (Wildman–Crippen LogP) is 1.16. The fraction of sp³-hybridized carbons (Fsp3) is 0.600. The highest BCUT2D eigenvalue weighted by atomic mass is 16.9. The van der Waals surface area contributed by atoms with Crippen molar-refractivity contribution in [1.82, 2.24) is 0 Å². The van der Waals surface area contributed by atoms with Crippen LogP contribution in [0.1, 0.15) is 13.3 Å². The summed E-state index contributed by atoms with van der Waals surface area (Å²) in [5.74, 6) is 0. The molecule has 0 rings (SSSR count). The first-order valence-corrected chi connectivity index (χ1v) is 2.66. The van der Waals surface area contributed by atoms with E-state index in [-0.39, 0.29) is 6.61 Å². The molecule has 0 aliphatic heterocycles. The van der Waals surface area contributed by atoms with Crippen molar-refractivity contribution >= 4 is 0 Å². The van der Waals surface area contributed by atoms with Gasteiger partial charge in [0.2, 0.25) is 0 Å². The van der Waals surface area contributed by atoms with Gasteiger partial charge in [-0.1, -0.05) is 12.2 Å². The van der Waals surface area contributed by atoms with E-state index >= 15 is 0 Å². The summed E-state index contributed by atoms with van der Waals surface area (Å²) >= 11 is 0. The summed E-state index contributed by atoms with van der Waals surface area (Å²) in [6.45, 7) is 2.00. The first kappa shape index (κ1) is 7.94. The van der Waals surface area contributed by atoms with Crippen LogP contribution in [0.4, 0.5) is 0 Å². The molecule has 0 radical (unpaired) electrons. The van der Waals surface area contributed by atoms with Gasteiger partial charge in [0, 0.05) is 0 Å². The lowest BCUT2D eigenvalue weighted by Gasteiger charge is -1.90. The molecule has 0 atom stereocenters. The number of hydrogen-bond donors (Lipinski definition) is 0. The fourth-order valence-corrected chi connectivity index (χ4v) is 0.362. The molecule has 0 aliphatic rings. The van der Waals surface area contributed by atoms with E-state index in [9.17, 15) is 10.1 Å². The Morgan fingerprint density at radius 2 is 2.44 bits per heavy atom. The fourth-order valence-electron chi connectivity index (χ4n) is 0.362. The van der Waals surface area contributed by atoms with E-state index in [1.165, 1.54) is 0 Å². The third-order valence-corrected chi connectivity index (χ3v) is 0.717. The SMILES string of the molecule is C/C=C\CCO[N+](=O)[O-]. The molecule has 4 heteroatoms. The predicted molar refractivity (Wildman–Crippen MR) is 32.4 cm³/mol. The van der Waals surface area contributed by atoms with Crippen LogP contribution in [0.25, 0.3) is 0 Å². The molecule has 0 saturated carbocycles. The van der Waals surface area contributed by atoms with E-state index in [4.69, 9.17) is 0 Å². The molecule has 0 amide bonds. The third-order valence-electron chi connectivity index (χ3n) is 0.717. The summed E-state index contributed by atoms with van der Waals surface area (Å²) in [7, 11) is 0. The molecule has 52 valence electrons. The van der Waals surface area contributed by atoms with Gasteiger partial charge in [-0.3, -0.25) is 0 Å². The lowest BCUT2D eigenvalue weighted by atomic mass is 10.4. The van der Waals surface area contributed by atoms with Crippen LogP contribution in [0.2, 0.25) is 0 Å². The molecule has 0 unspecified atom stereocenters. The van der Waals surface area contributed by atoms with Crippen LogP contribution >= 0.6 is 0 Å². The molecule has 0 saturated heterocycles. The lowest BCUT2D eigenvalue weighted by molar-refractivity contribution is -0.757. The number of nitrogens with zero attached hydrogens (tertiary/aromatic N) is 1. The first-order chi connectivity index (χ1) is 4.27. The van der Waals surface area contributed by atoms with Gasteiger partial charge in [-0.25, -0.2) is 0 Å². The van der Waals surface area contributed by atoms with Gasteiger partial charge in [-0.05, 0) is 13.3 Å². The molecule has 9 heavy (non-hydrogen) atoms. The largest absolute Gasteiger partial charge is 0.314 e. The first-order valence-electron chi connectivity index (χ1n) is 2.66. The third kappa shape index (κ3) is 6.94. The van der Waals surface area contributed by atoms with Gasteiger partial charge >= 0.3 is 0 Å². The van der Waals surface area contributed by atoms with Crippen molar-refractivity contribution in [3.8, 4) is 0 Å². The Morgan fingerprint density at radius 1 is 1.78 bits per heavy atom. The van der Waals surface area contributed by atoms with E-state index in [1.54, 1.807) is 0 Å². The molecule has 0 aromatic heterocycles. The minimum atomic E-state index is -0.788. The van der Waals surface area contributed by atoms with E-state index in [2.05, 4.69) is 4.84 Å². The normalized spacial score (nSPS) is 9.89. The van der Waals surface area contributed by atoms with Gasteiger partial charge in [0.25, 0.3) is 5.09 Å². The monoisotopic (exact) mass is 131 g/mol. The van der Waals surface area contributed by atoms with Crippen molar-refractivity contribution in [3.63, 3.8) is 0 Å². The highest BCUT2D eigenvalue weighted by Crippen LogP contribution is 1.83. The highest BCUT2D eigenvalue weighted by molar-refractivity contribution is 4.75. The number of allylic oxidation sites excluding steroid dienone is 1. The zero-order valence-electron chi connectivity index (χ0n) is 5.24. The summed E-state index contributed by atoms with van der Waals surface area (Å²) in [5.41, 5.74) is 0. The van der Waals surface area contributed by atoms with Crippen LogP contribution in [-0.4, -0.2) is 11.7 Å². The van der Waals surface area contributed by atoms with E-state index in [0.717, 1.165) is 0 Å². The van der Waals surface area contributed by atoms with Gasteiger partial charge in [0.05, 0.1) is 6.61 Å². The van der Waals surface area contributed by atoms with Crippen molar-refractivity contribution < 1.29 is 9.92 Å². The van der Waals surface area contributed by atoms with Crippen LogP contribution in [0, 0.1) is 10.1 Å². The maximum Gasteiger partial charge on any atom is 0.294 e. The molecular weight excluding hydrogens is 122 g/mol. The second kappa shape index (κ2) is 5.08. The van der Waals surface area contributed by atoms with Gasteiger partial charge in [0.15, 0.2) is 0 Å². The van der Waals surface area contributed by atoms with Crippen molar-refractivity contribution in [2.24, 2.45) is 0 Å². The Balaban J connectivity index is 3.01. The van der Waals surface area contributed by atoms with Crippen LogP contribution in [0.15, 0.2) is 12.2 Å². The molecule has 0 aromatic carbocycles. The molecular formula is C5H9NO3. The molecule has 0 bridgehead atoms. The molecule has 0 N–H and O–H groups in total. The van der Waals surface area contributed by atoms with E-state index in [0.29, 0.717) is 6.42 Å². The van der Waals surface area contributed by atoms with Crippen molar-refractivity contribution in [3.05, 3.63) is 22.3 Å². The maximum absolute atomic E-state index is 9.52. The Labute approximate surface area is 53.2 Å². The average molecular weight is 131 g/mol. The molecule has 0 aliphatic carbocycles. The summed E-state index contributed by atoms with van der Waals surface area (Å²) < 4.78 is 0. The van der Waals surface area contributed by atoms with Crippen LogP contribution in [-0.2, 0) is 4.84 Å². The number of rotatable bonds is 4. The van der Waals surface area contributed by atoms with Crippen LogP contribution in [0.5, 0.6) is 0 Å². The zero-order chi connectivity index (χ0) is 7.11. The molecule has 0 fully saturated rings. The summed E-state index contributed by atoms with van der Waals surface area (Å²) in [5, 5.41) is 8.73. The van der Waals surface area contributed by atoms with Crippen molar-refractivity contribution in [1.29, 1.82) is 0 Å². The Hall–Kier alpha value is -1.06. The summed E-state index contributed by atoms with van der Waals surface area (Å²) in [4.78, 5) is 13.5. The van der Waals surface area contributed by atoms with E-state index in [1.807, 2.05) is 19.1 Å². The average Bonchev–Trinajstić information content (AvgIpc) is 1.80. The Kier molecular flexibility index (Phi) is 4.49. The lowest BCUT2D eigenvalue weighted by Crippen LogP contribution is -2.00. The zero-order valence-corrected chi connectivity index (χ0v) is 5.24. The van der Waals surface area contributed by atoms with Crippen LogP contribution in [0.3, 0.4) is 0 Å². The van der Waals surface area contributed by atoms with Crippen LogP contribution < -0.4 is 0 Å². The van der Waals surface area contributed by atoms with E-state index < -0.39 is 5.09 Å². The molecule has 0 spiro atoms. The smallest absolute Gasteiger partial charge is 0.294 e. The maximum atomic E-state index is 9.52. The minimum Gasteiger partial charge on any atom is -0.314 e. The summed E-state index contributed by atoms with van der Waals surface area (Å²) in [6, 6.07) is 0. The highest BCUT2D eigenvalue weighted by Gasteiger charge is 1.89. The van der Waals surface area contributed by atoms with Gasteiger partial charge < -0.3 is 4.84 Å². The quantitative estimate of drug-likeness (QED) is 0.249. The van der Waals surface area contributed by atoms with Crippen molar-refractivity contribution in [2.45, 2.75) is 13.3 Å². The minimum absolute atomic E-state index is 0.150. The standard InChI is InChI=1S/C5H9NO3/c1-2-3-4-5-9-6(7)8/h2-3H,4-5H2,1H3/b3-2-. The number of hydrogen-bond acceptors (Lipinski definition) is 3. The second-order valence-corrected chi connectivity index (χ2v) is 1.41. The molecule has 4 nitrogen and oxygen atoms in total. The van der Waals surface area contributed by atoms with Gasteiger partial charge in [-0.15, -0.1) is 10.1 Å². The van der Waals surface area contributed by atoms with Gasteiger partial charge in [-0.2, -0.15) is 0 Å². The summed E-state index contributed by atoms with van der Waals surface area (Å²) in [6.07, 6.45) is 4.23. The Morgan fingerprint density at radius 3 is 2.89 bits per heavy atom. The molecule has 0 heterocycles. The van der Waals surface area contributed by atoms with Gasteiger partial charge in [0.1, 0.15) is 0 Å². The second-order valence-electron chi connectivity index (χ2n) is 1.41. The molecule has 0 aromatic rings. The topological polar surface area (TPSA) is 52.4 Å².